The summed E-state index contributed by atoms with van der Waals surface area (Å²) < 4.78 is 6.78. The van der Waals surface area contributed by atoms with Crippen LogP contribution in [0.1, 0.15) is 50.3 Å². The van der Waals surface area contributed by atoms with Gasteiger partial charge < -0.3 is 10.1 Å². The summed E-state index contributed by atoms with van der Waals surface area (Å²) in [4.78, 5) is 23.3. The molecule has 112 valence electrons. The highest BCUT2D eigenvalue weighted by atomic mass is 16.6. The van der Waals surface area contributed by atoms with Gasteiger partial charge in [0.25, 0.3) is 0 Å². The van der Waals surface area contributed by atoms with Crippen molar-refractivity contribution in [1.82, 2.24) is 20.3 Å². The lowest BCUT2D eigenvalue weighted by molar-refractivity contribution is -0.121. The summed E-state index contributed by atoms with van der Waals surface area (Å²) in [6.45, 7) is 9.95. The maximum atomic E-state index is 11.9. The van der Waals surface area contributed by atoms with Crippen LogP contribution in [0.2, 0.25) is 0 Å². The number of nitrogens with one attached hydrogen (secondary N) is 1. The summed E-state index contributed by atoms with van der Waals surface area (Å²) in [5, 5.41) is 10.4. The summed E-state index contributed by atoms with van der Waals surface area (Å²) >= 11 is 0. The van der Waals surface area contributed by atoms with Gasteiger partial charge in [0.1, 0.15) is 5.60 Å². The van der Waals surface area contributed by atoms with Crippen molar-refractivity contribution < 1.29 is 14.3 Å². The highest BCUT2D eigenvalue weighted by Gasteiger charge is 2.23. The number of rotatable bonds is 5. The van der Waals surface area contributed by atoms with E-state index < -0.39 is 11.6 Å². The van der Waals surface area contributed by atoms with E-state index in [0.29, 0.717) is 25.2 Å². The van der Waals surface area contributed by atoms with Crippen LogP contribution in [0.5, 0.6) is 0 Å². The molecule has 0 aliphatic heterocycles. The van der Waals surface area contributed by atoms with Crippen LogP contribution < -0.4 is 5.32 Å². The molecule has 0 aliphatic carbocycles. The van der Waals surface area contributed by atoms with Crippen LogP contribution in [0.25, 0.3) is 0 Å². The minimum absolute atomic E-state index is 0.0544. The largest absolute Gasteiger partial charge is 0.455 e. The van der Waals surface area contributed by atoms with Crippen LogP contribution >= 0.6 is 0 Å². The fraction of sp³-hybridized carbons (Fsp3) is 0.692. The molecule has 0 bridgehead atoms. The van der Waals surface area contributed by atoms with Crippen LogP contribution in [-0.2, 0) is 16.1 Å². The highest BCUT2D eigenvalue weighted by molar-refractivity contribution is 5.88. The van der Waals surface area contributed by atoms with Gasteiger partial charge in [-0.3, -0.25) is 4.79 Å². The Morgan fingerprint density at radius 1 is 1.35 bits per heavy atom. The molecule has 1 heterocycles. The van der Waals surface area contributed by atoms with Gasteiger partial charge in [-0.25, -0.2) is 9.48 Å². The molecule has 0 saturated heterocycles. The summed E-state index contributed by atoms with van der Waals surface area (Å²) in [6.07, 6.45) is 0.297. The number of hydrogen-bond donors (Lipinski definition) is 1. The molecular weight excluding hydrogens is 260 g/mol. The van der Waals surface area contributed by atoms with Crippen molar-refractivity contribution in [3.05, 3.63) is 11.4 Å². The fourth-order valence-corrected chi connectivity index (χ4v) is 1.58. The average molecular weight is 282 g/mol. The zero-order valence-corrected chi connectivity index (χ0v) is 12.7. The molecule has 1 aromatic rings. The first-order valence-corrected chi connectivity index (χ1v) is 6.64. The van der Waals surface area contributed by atoms with Gasteiger partial charge in [-0.05, 0) is 34.6 Å². The summed E-state index contributed by atoms with van der Waals surface area (Å²) in [7, 11) is 0. The molecule has 1 aromatic heterocycles. The first-order chi connectivity index (χ1) is 9.24. The molecule has 7 heteroatoms. The fourth-order valence-electron chi connectivity index (χ4n) is 1.58. The first kappa shape index (κ1) is 16.1. The van der Waals surface area contributed by atoms with Crippen molar-refractivity contribution in [2.24, 2.45) is 0 Å². The van der Waals surface area contributed by atoms with E-state index in [4.69, 9.17) is 4.74 Å². The number of carbonyl (C=O) groups is 2. The number of aromatic nitrogens is 3. The van der Waals surface area contributed by atoms with Crippen LogP contribution in [0.15, 0.2) is 0 Å². The van der Waals surface area contributed by atoms with Crippen LogP contribution in [-0.4, -0.2) is 39.0 Å². The lowest BCUT2D eigenvalue weighted by atomic mass is 10.2. The molecule has 0 unspecified atom stereocenters. The third kappa shape index (κ3) is 4.64. The van der Waals surface area contributed by atoms with Gasteiger partial charge in [-0.1, -0.05) is 5.21 Å². The van der Waals surface area contributed by atoms with Gasteiger partial charge in [0.2, 0.25) is 5.91 Å². The second kappa shape index (κ2) is 6.49. The number of aryl methyl sites for hydroxylation is 1. The summed E-state index contributed by atoms with van der Waals surface area (Å²) in [5.41, 5.74) is 0.216. The molecule has 20 heavy (non-hydrogen) atoms. The van der Waals surface area contributed by atoms with Crippen LogP contribution in [0, 0.1) is 6.92 Å². The van der Waals surface area contributed by atoms with Gasteiger partial charge in [0.05, 0.1) is 12.2 Å². The molecular formula is C13H22N4O3. The Morgan fingerprint density at radius 2 is 2.00 bits per heavy atom. The standard InChI is InChI=1S/C13H22N4O3/c1-6-14-10(18)7-8-17-9(2)11(15-16-17)12(19)20-13(3,4)5/h6-8H2,1-5H3,(H,14,18). The molecule has 0 radical (unpaired) electrons. The Morgan fingerprint density at radius 3 is 2.55 bits per heavy atom. The molecule has 0 aromatic carbocycles. The Balaban J connectivity index is 2.70. The molecule has 0 atom stereocenters. The third-order valence-corrected chi connectivity index (χ3v) is 2.50. The molecule has 0 saturated carbocycles. The molecule has 7 nitrogen and oxygen atoms in total. The minimum Gasteiger partial charge on any atom is -0.455 e. The van der Waals surface area contributed by atoms with Crippen LogP contribution in [0.3, 0.4) is 0 Å². The molecule has 1 N–H and O–H groups in total. The van der Waals surface area contributed by atoms with E-state index in [1.54, 1.807) is 27.7 Å². The van der Waals surface area contributed by atoms with Gasteiger partial charge in [0.15, 0.2) is 5.69 Å². The highest BCUT2D eigenvalue weighted by Crippen LogP contribution is 2.13. The van der Waals surface area contributed by atoms with Gasteiger partial charge in [0, 0.05) is 13.0 Å². The number of hydrogen-bond acceptors (Lipinski definition) is 5. The Kier molecular flexibility index (Phi) is 5.24. The zero-order chi connectivity index (χ0) is 15.3. The van der Waals surface area contributed by atoms with E-state index in [1.807, 2.05) is 6.92 Å². The quantitative estimate of drug-likeness (QED) is 0.816. The molecule has 1 amide bonds. The van der Waals surface area contributed by atoms with Crippen LogP contribution in [0.4, 0.5) is 0 Å². The van der Waals surface area contributed by atoms with E-state index in [-0.39, 0.29) is 11.6 Å². The topological polar surface area (TPSA) is 86.1 Å². The minimum atomic E-state index is -0.575. The normalized spacial score (nSPS) is 11.2. The van der Waals surface area contributed by atoms with Crippen molar-refractivity contribution in [2.75, 3.05) is 6.54 Å². The van der Waals surface area contributed by atoms with Gasteiger partial charge in [-0.15, -0.1) is 5.10 Å². The molecule has 1 rings (SSSR count). The first-order valence-electron chi connectivity index (χ1n) is 6.64. The van der Waals surface area contributed by atoms with E-state index in [0.717, 1.165) is 0 Å². The lowest BCUT2D eigenvalue weighted by Gasteiger charge is -2.18. The Bertz CT molecular complexity index is 488. The van der Waals surface area contributed by atoms with E-state index in [9.17, 15) is 9.59 Å². The summed E-state index contributed by atoms with van der Waals surface area (Å²) in [5.74, 6) is -0.555. The molecule has 0 aliphatic rings. The van der Waals surface area contributed by atoms with Crippen molar-refractivity contribution in [3.8, 4) is 0 Å². The smallest absolute Gasteiger partial charge is 0.361 e. The average Bonchev–Trinajstić information content (AvgIpc) is 2.66. The lowest BCUT2D eigenvalue weighted by Crippen LogP contribution is -2.25. The predicted molar refractivity (Wildman–Crippen MR) is 73.2 cm³/mol. The second-order valence-electron chi connectivity index (χ2n) is 5.45. The van der Waals surface area contributed by atoms with E-state index in [2.05, 4.69) is 15.6 Å². The second-order valence-corrected chi connectivity index (χ2v) is 5.45. The van der Waals surface area contributed by atoms with Crippen molar-refractivity contribution >= 4 is 11.9 Å². The maximum absolute atomic E-state index is 11.9. The van der Waals surface area contributed by atoms with E-state index in [1.165, 1.54) is 4.68 Å². The number of carbonyl (C=O) groups excluding carboxylic acids is 2. The number of nitrogens with zero attached hydrogens (tertiary/aromatic N) is 3. The Labute approximate surface area is 118 Å². The van der Waals surface area contributed by atoms with E-state index >= 15 is 0 Å². The predicted octanol–water partition coefficient (Wildman–Crippen LogP) is 1.07. The van der Waals surface area contributed by atoms with Crippen molar-refractivity contribution in [1.29, 1.82) is 0 Å². The number of ether oxygens (including phenoxy) is 1. The zero-order valence-electron chi connectivity index (χ0n) is 12.7. The molecule has 0 fully saturated rings. The molecule has 0 spiro atoms. The maximum Gasteiger partial charge on any atom is 0.361 e. The number of amides is 1. The van der Waals surface area contributed by atoms with Gasteiger partial charge >= 0.3 is 5.97 Å². The summed E-state index contributed by atoms with van der Waals surface area (Å²) in [6, 6.07) is 0. The third-order valence-electron chi connectivity index (χ3n) is 2.50. The SMILES string of the molecule is CCNC(=O)CCn1nnc(C(=O)OC(C)(C)C)c1C. The van der Waals surface area contributed by atoms with Crippen molar-refractivity contribution in [2.45, 2.75) is 53.2 Å². The van der Waals surface area contributed by atoms with Gasteiger partial charge in [-0.2, -0.15) is 0 Å². The Hall–Kier alpha value is -1.92. The van der Waals surface area contributed by atoms with Crippen molar-refractivity contribution in [3.63, 3.8) is 0 Å². The number of esters is 1. The monoisotopic (exact) mass is 282 g/mol.